The Morgan fingerprint density at radius 3 is 1.46 bits per heavy atom. The van der Waals surface area contributed by atoms with Crippen molar-refractivity contribution in [2.75, 3.05) is 52.9 Å². The van der Waals surface area contributed by atoms with E-state index in [1.54, 1.807) is 0 Å². The first-order valence-electron chi connectivity index (χ1n) is 9.75. The number of esters is 2. The van der Waals surface area contributed by atoms with E-state index in [9.17, 15) is 9.59 Å². The van der Waals surface area contributed by atoms with Gasteiger partial charge in [-0.05, 0) is 12.8 Å². The van der Waals surface area contributed by atoms with Crippen molar-refractivity contribution in [2.45, 2.75) is 58.8 Å². The highest BCUT2D eigenvalue weighted by molar-refractivity contribution is 5.69. The van der Waals surface area contributed by atoms with Crippen molar-refractivity contribution in [3.63, 3.8) is 0 Å². The SMILES string of the molecule is CCCCCCC(=O)OCCOCCOCCOCCOC(=O)CCC. The van der Waals surface area contributed by atoms with Gasteiger partial charge in [-0.25, -0.2) is 0 Å². The smallest absolute Gasteiger partial charge is 0.305 e. The Morgan fingerprint density at radius 1 is 0.538 bits per heavy atom. The highest BCUT2D eigenvalue weighted by Gasteiger charge is 2.02. The second-order valence-electron chi connectivity index (χ2n) is 5.84. The Labute approximate surface area is 157 Å². The van der Waals surface area contributed by atoms with E-state index in [1.165, 1.54) is 0 Å². The van der Waals surface area contributed by atoms with Gasteiger partial charge in [0.2, 0.25) is 0 Å². The zero-order valence-electron chi connectivity index (χ0n) is 16.5. The molecule has 0 heterocycles. The molecule has 7 nitrogen and oxygen atoms in total. The van der Waals surface area contributed by atoms with Crippen LogP contribution < -0.4 is 0 Å². The third-order valence-electron chi connectivity index (χ3n) is 3.41. The maximum absolute atomic E-state index is 11.4. The normalized spacial score (nSPS) is 10.7. The third kappa shape index (κ3) is 19.1. The highest BCUT2D eigenvalue weighted by atomic mass is 16.6. The van der Waals surface area contributed by atoms with Crippen LogP contribution in [-0.2, 0) is 33.3 Å². The van der Waals surface area contributed by atoms with E-state index in [-0.39, 0.29) is 25.2 Å². The standard InChI is InChI=1S/C19H36O7/c1-3-5-6-7-9-19(21)26-17-15-24-13-11-22-10-12-23-14-16-25-18(20)8-4-2/h3-17H2,1-2H3. The van der Waals surface area contributed by atoms with Gasteiger partial charge in [-0.1, -0.05) is 33.1 Å². The summed E-state index contributed by atoms with van der Waals surface area (Å²) in [5.41, 5.74) is 0. The lowest BCUT2D eigenvalue weighted by molar-refractivity contribution is -0.146. The van der Waals surface area contributed by atoms with Crippen LogP contribution in [0.25, 0.3) is 0 Å². The van der Waals surface area contributed by atoms with Crippen molar-refractivity contribution in [3.8, 4) is 0 Å². The Kier molecular flexibility index (Phi) is 19.2. The van der Waals surface area contributed by atoms with Crippen LogP contribution in [0.5, 0.6) is 0 Å². The molecule has 0 aliphatic heterocycles. The Hall–Kier alpha value is -1.18. The van der Waals surface area contributed by atoms with Crippen LogP contribution in [0, 0.1) is 0 Å². The number of carbonyl (C=O) groups excluding carboxylic acids is 2. The maximum Gasteiger partial charge on any atom is 0.305 e. The minimum absolute atomic E-state index is 0.154. The van der Waals surface area contributed by atoms with Gasteiger partial charge in [0.1, 0.15) is 13.2 Å². The molecule has 0 rings (SSSR count). The van der Waals surface area contributed by atoms with E-state index in [0.29, 0.717) is 52.5 Å². The van der Waals surface area contributed by atoms with E-state index < -0.39 is 0 Å². The van der Waals surface area contributed by atoms with Crippen molar-refractivity contribution < 1.29 is 33.3 Å². The first-order chi connectivity index (χ1) is 12.7. The van der Waals surface area contributed by atoms with Gasteiger partial charge < -0.3 is 23.7 Å². The summed E-state index contributed by atoms with van der Waals surface area (Å²) >= 11 is 0. The second kappa shape index (κ2) is 20.1. The topological polar surface area (TPSA) is 80.3 Å². The number of hydrogen-bond donors (Lipinski definition) is 0. The first-order valence-corrected chi connectivity index (χ1v) is 9.75. The molecule has 0 unspecified atom stereocenters. The Morgan fingerprint density at radius 2 is 1.00 bits per heavy atom. The predicted molar refractivity (Wildman–Crippen MR) is 98.0 cm³/mol. The molecule has 0 amide bonds. The molecule has 0 saturated carbocycles. The summed E-state index contributed by atoms with van der Waals surface area (Å²) < 4.78 is 26.0. The van der Waals surface area contributed by atoms with Crippen molar-refractivity contribution in [2.24, 2.45) is 0 Å². The molecule has 0 N–H and O–H groups in total. The van der Waals surface area contributed by atoms with E-state index in [2.05, 4.69) is 6.92 Å². The summed E-state index contributed by atoms with van der Waals surface area (Å²) in [5, 5.41) is 0. The number of hydrogen-bond acceptors (Lipinski definition) is 7. The molecular formula is C19H36O7. The van der Waals surface area contributed by atoms with Gasteiger partial charge in [0.05, 0.1) is 39.6 Å². The monoisotopic (exact) mass is 376 g/mol. The summed E-state index contributed by atoms with van der Waals surface area (Å²) in [6, 6.07) is 0. The molecule has 0 aromatic rings. The minimum atomic E-state index is -0.188. The molecule has 0 spiro atoms. The van der Waals surface area contributed by atoms with Gasteiger partial charge in [0.15, 0.2) is 0 Å². The Bertz CT molecular complexity index is 334. The molecule has 0 atom stereocenters. The fourth-order valence-corrected chi connectivity index (χ4v) is 2.02. The zero-order valence-corrected chi connectivity index (χ0v) is 16.5. The average Bonchev–Trinajstić information content (AvgIpc) is 2.63. The lowest BCUT2D eigenvalue weighted by Gasteiger charge is -2.08. The minimum Gasteiger partial charge on any atom is -0.463 e. The largest absolute Gasteiger partial charge is 0.463 e. The van der Waals surface area contributed by atoms with Gasteiger partial charge >= 0.3 is 11.9 Å². The zero-order chi connectivity index (χ0) is 19.3. The predicted octanol–water partition coefficient (Wildman–Crippen LogP) is 2.89. The van der Waals surface area contributed by atoms with Crippen LogP contribution in [0.3, 0.4) is 0 Å². The quantitative estimate of drug-likeness (QED) is 0.253. The van der Waals surface area contributed by atoms with Crippen LogP contribution in [0.15, 0.2) is 0 Å². The van der Waals surface area contributed by atoms with E-state index in [1.807, 2.05) is 6.92 Å². The molecule has 7 heteroatoms. The van der Waals surface area contributed by atoms with Gasteiger partial charge in [-0.2, -0.15) is 0 Å². The van der Waals surface area contributed by atoms with Gasteiger partial charge in [-0.3, -0.25) is 9.59 Å². The molecule has 26 heavy (non-hydrogen) atoms. The molecule has 0 radical (unpaired) electrons. The number of ether oxygens (including phenoxy) is 5. The number of rotatable bonds is 19. The van der Waals surface area contributed by atoms with Gasteiger partial charge in [-0.15, -0.1) is 0 Å². The van der Waals surface area contributed by atoms with Crippen LogP contribution in [0.4, 0.5) is 0 Å². The van der Waals surface area contributed by atoms with Crippen LogP contribution in [0.1, 0.15) is 58.8 Å². The molecule has 154 valence electrons. The van der Waals surface area contributed by atoms with E-state index in [0.717, 1.165) is 32.1 Å². The average molecular weight is 376 g/mol. The van der Waals surface area contributed by atoms with Crippen LogP contribution in [0.2, 0.25) is 0 Å². The highest BCUT2D eigenvalue weighted by Crippen LogP contribution is 2.03. The van der Waals surface area contributed by atoms with Crippen molar-refractivity contribution in [3.05, 3.63) is 0 Å². The molecule has 0 aromatic carbocycles. The summed E-state index contributed by atoms with van der Waals surface area (Å²) in [6.45, 7) is 7.19. The molecule has 0 bridgehead atoms. The van der Waals surface area contributed by atoms with Crippen molar-refractivity contribution in [1.82, 2.24) is 0 Å². The lowest BCUT2D eigenvalue weighted by atomic mass is 10.2. The van der Waals surface area contributed by atoms with Crippen molar-refractivity contribution in [1.29, 1.82) is 0 Å². The number of unbranched alkanes of at least 4 members (excludes halogenated alkanes) is 3. The third-order valence-corrected chi connectivity index (χ3v) is 3.41. The van der Waals surface area contributed by atoms with Crippen molar-refractivity contribution >= 4 is 11.9 Å². The summed E-state index contributed by atoms with van der Waals surface area (Å²) in [7, 11) is 0. The fourth-order valence-electron chi connectivity index (χ4n) is 2.02. The molecule has 0 fully saturated rings. The van der Waals surface area contributed by atoms with Gasteiger partial charge in [0.25, 0.3) is 0 Å². The first kappa shape index (κ1) is 24.8. The number of carbonyl (C=O) groups is 2. The Balaban J connectivity index is 3.15. The van der Waals surface area contributed by atoms with E-state index >= 15 is 0 Å². The second-order valence-corrected chi connectivity index (χ2v) is 5.84. The molecular weight excluding hydrogens is 340 g/mol. The van der Waals surface area contributed by atoms with Crippen LogP contribution in [-0.4, -0.2) is 64.8 Å². The molecule has 0 aromatic heterocycles. The summed E-state index contributed by atoms with van der Waals surface area (Å²) in [5.74, 6) is -0.342. The summed E-state index contributed by atoms with van der Waals surface area (Å²) in [6.07, 6.45) is 6.01. The van der Waals surface area contributed by atoms with Crippen LogP contribution >= 0.6 is 0 Å². The van der Waals surface area contributed by atoms with E-state index in [4.69, 9.17) is 23.7 Å². The summed E-state index contributed by atoms with van der Waals surface area (Å²) in [4.78, 5) is 22.5. The fraction of sp³-hybridized carbons (Fsp3) is 0.895. The van der Waals surface area contributed by atoms with Gasteiger partial charge in [0, 0.05) is 12.8 Å². The molecule has 0 saturated heterocycles. The molecule has 0 aliphatic carbocycles. The lowest BCUT2D eigenvalue weighted by Crippen LogP contribution is -2.15. The molecule has 0 aliphatic rings. The maximum atomic E-state index is 11.4.